The van der Waals surface area contributed by atoms with Gasteiger partial charge in [0.05, 0.1) is 7.11 Å². The molecule has 2 aromatic rings. The number of methoxy groups -OCH3 is 1. The lowest BCUT2D eigenvalue weighted by atomic mass is 10.2. The van der Waals surface area contributed by atoms with Crippen molar-refractivity contribution >= 4 is 11.6 Å². The van der Waals surface area contributed by atoms with Crippen LogP contribution in [0.2, 0.25) is 0 Å². The third kappa shape index (κ3) is 2.56. The first-order valence-electron chi connectivity index (χ1n) is 5.77. The van der Waals surface area contributed by atoms with Crippen molar-refractivity contribution in [2.75, 3.05) is 12.0 Å². The SMILES string of the molecule is COc1ccc(N(c2ncncn2)C(C)C)cc1. The van der Waals surface area contributed by atoms with Crippen molar-refractivity contribution in [3.63, 3.8) is 0 Å². The zero-order valence-corrected chi connectivity index (χ0v) is 10.7. The Balaban J connectivity index is 2.36. The average Bonchev–Trinajstić information content (AvgIpc) is 2.40. The minimum absolute atomic E-state index is 0.251. The van der Waals surface area contributed by atoms with Crippen molar-refractivity contribution in [2.24, 2.45) is 0 Å². The van der Waals surface area contributed by atoms with E-state index >= 15 is 0 Å². The maximum absolute atomic E-state index is 5.16. The van der Waals surface area contributed by atoms with E-state index in [4.69, 9.17) is 4.74 Å². The number of nitrogens with zero attached hydrogens (tertiary/aromatic N) is 4. The summed E-state index contributed by atoms with van der Waals surface area (Å²) >= 11 is 0. The summed E-state index contributed by atoms with van der Waals surface area (Å²) in [6.45, 7) is 4.18. The Morgan fingerprint density at radius 2 is 1.67 bits per heavy atom. The number of hydrogen-bond acceptors (Lipinski definition) is 5. The van der Waals surface area contributed by atoms with E-state index in [1.54, 1.807) is 7.11 Å². The van der Waals surface area contributed by atoms with Crippen molar-refractivity contribution in [3.8, 4) is 5.75 Å². The molecule has 0 aliphatic heterocycles. The highest BCUT2D eigenvalue weighted by Gasteiger charge is 2.15. The number of aromatic nitrogens is 3. The Kier molecular flexibility index (Phi) is 3.72. The third-order valence-electron chi connectivity index (χ3n) is 2.56. The molecule has 2 rings (SSSR count). The van der Waals surface area contributed by atoms with Crippen LogP contribution in [0.3, 0.4) is 0 Å². The predicted molar refractivity (Wildman–Crippen MR) is 70.1 cm³/mol. The maximum Gasteiger partial charge on any atom is 0.233 e. The van der Waals surface area contributed by atoms with Gasteiger partial charge in [-0.1, -0.05) is 0 Å². The van der Waals surface area contributed by atoms with Crippen LogP contribution in [0, 0.1) is 0 Å². The normalized spacial score (nSPS) is 10.4. The van der Waals surface area contributed by atoms with E-state index in [0.29, 0.717) is 5.95 Å². The lowest BCUT2D eigenvalue weighted by Gasteiger charge is -2.26. The molecule has 5 heteroatoms. The van der Waals surface area contributed by atoms with Gasteiger partial charge in [0.1, 0.15) is 18.4 Å². The second-order valence-electron chi connectivity index (χ2n) is 4.10. The zero-order valence-electron chi connectivity index (χ0n) is 10.7. The standard InChI is InChI=1S/C13H16N4O/c1-10(2)17(13-15-8-14-9-16-13)11-4-6-12(18-3)7-5-11/h4-10H,1-3H3. The molecule has 0 saturated heterocycles. The summed E-state index contributed by atoms with van der Waals surface area (Å²) in [7, 11) is 1.65. The Labute approximate surface area is 106 Å². The van der Waals surface area contributed by atoms with Crippen LogP contribution >= 0.6 is 0 Å². The minimum Gasteiger partial charge on any atom is -0.497 e. The van der Waals surface area contributed by atoms with Gasteiger partial charge in [0, 0.05) is 11.7 Å². The molecular weight excluding hydrogens is 228 g/mol. The smallest absolute Gasteiger partial charge is 0.233 e. The molecule has 5 nitrogen and oxygen atoms in total. The van der Waals surface area contributed by atoms with E-state index in [0.717, 1.165) is 11.4 Å². The summed E-state index contributed by atoms with van der Waals surface area (Å²) in [6.07, 6.45) is 3.00. The Hall–Kier alpha value is -2.17. The summed E-state index contributed by atoms with van der Waals surface area (Å²) in [4.78, 5) is 14.3. The minimum atomic E-state index is 0.251. The molecule has 0 aliphatic rings. The van der Waals surface area contributed by atoms with Crippen LogP contribution in [-0.4, -0.2) is 28.1 Å². The summed E-state index contributed by atoms with van der Waals surface area (Å²) < 4.78 is 5.16. The summed E-state index contributed by atoms with van der Waals surface area (Å²) in [5.41, 5.74) is 1.03. The van der Waals surface area contributed by atoms with Crippen molar-refractivity contribution in [3.05, 3.63) is 36.9 Å². The van der Waals surface area contributed by atoms with E-state index in [1.165, 1.54) is 12.7 Å². The van der Waals surface area contributed by atoms with E-state index < -0.39 is 0 Å². The molecule has 0 atom stereocenters. The Morgan fingerprint density at radius 1 is 1.06 bits per heavy atom. The fraction of sp³-hybridized carbons (Fsp3) is 0.308. The quantitative estimate of drug-likeness (QED) is 0.826. The zero-order chi connectivity index (χ0) is 13.0. The van der Waals surface area contributed by atoms with Crippen LogP contribution in [-0.2, 0) is 0 Å². The fourth-order valence-electron chi connectivity index (χ4n) is 1.74. The molecule has 0 fully saturated rings. The van der Waals surface area contributed by atoms with E-state index in [9.17, 15) is 0 Å². The van der Waals surface area contributed by atoms with E-state index in [2.05, 4.69) is 28.8 Å². The van der Waals surface area contributed by atoms with Gasteiger partial charge in [0.2, 0.25) is 5.95 Å². The van der Waals surface area contributed by atoms with Crippen LogP contribution in [0.25, 0.3) is 0 Å². The Bertz CT molecular complexity index is 484. The monoisotopic (exact) mass is 244 g/mol. The molecule has 1 aromatic heterocycles. The van der Waals surface area contributed by atoms with Crippen LogP contribution < -0.4 is 9.64 Å². The first-order valence-corrected chi connectivity index (χ1v) is 5.77. The topological polar surface area (TPSA) is 51.1 Å². The van der Waals surface area contributed by atoms with Crippen LogP contribution in [0.5, 0.6) is 5.75 Å². The molecule has 0 aliphatic carbocycles. The van der Waals surface area contributed by atoms with Crippen molar-refractivity contribution in [1.29, 1.82) is 0 Å². The molecule has 0 spiro atoms. The van der Waals surface area contributed by atoms with Gasteiger partial charge in [-0.3, -0.25) is 0 Å². The highest BCUT2D eigenvalue weighted by Crippen LogP contribution is 2.26. The number of benzene rings is 1. The van der Waals surface area contributed by atoms with Gasteiger partial charge >= 0.3 is 0 Å². The summed E-state index contributed by atoms with van der Waals surface area (Å²) in [5.74, 6) is 1.48. The Morgan fingerprint density at radius 3 is 2.17 bits per heavy atom. The lowest BCUT2D eigenvalue weighted by molar-refractivity contribution is 0.415. The summed E-state index contributed by atoms with van der Waals surface area (Å²) in [6, 6.07) is 8.07. The van der Waals surface area contributed by atoms with Crippen molar-refractivity contribution < 1.29 is 4.74 Å². The van der Waals surface area contributed by atoms with E-state index in [1.807, 2.05) is 29.2 Å². The molecule has 94 valence electrons. The highest BCUT2D eigenvalue weighted by molar-refractivity contribution is 5.58. The van der Waals surface area contributed by atoms with Crippen LogP contribution in [0.15, 0.2) is 36.9 Å². The molecular formula is C13H16N4O. The first kappa shape index (κ1) is 12.3. The maximum atomic E-state index is 5.16. The molecule has 0 saturated carbocycles. The van der Waals surface area contributed by atoms with E-state index in [-0.39, 0.29) is 6.04 Å². The lowest BCUT2D eigenvalue weighted by Crippen LogP contribution is -2.27. The molecule has 1 heterocycles. The number of rotatable bonds is 4. The molecule has 18 heavy (non-hydrogen) atoms. The van der Waals surface area contributed by atoms with Gasteiger partial charge in [-0.25, -0.2) is 15.0 Å². The number of hydrogen-bond donors (Lipinski definition) is 0. The van der Waals surface area contributed by atoms with Crippen molar-refractivity contribution in [2.45, 2.75) is 19.9 Å². The van der Waals surface area contributed by atoms with Gasteiger partial charge in [-0.2, -0.15) is 0 Å². The number of ether oxygens (including phenoxy) is 1. The van der Waals surface area contributed by atoms with Gasteiger partial charge in [0.15, 0.2) is 0 Å². The van der Waals surface area contributed by atoms with Crippen molar-refractivity contribution in [1.82, 2.24) is 15.0 Å². The second kappa shape index (κ2) is 5.44. The van der Waals surface area contributed by atoms with Gasteiger partial charge < -0.3 is 9.64 Å². The van der Waals surface area contributed by atoms with Crippen LogP contribution in [0.1, 0.15) is 13.8 Å². The molecule has 0 amide bonds. The largest absolute Gasteiger partial charge is 0.497 e. The first-order chi connectivity index (χ1) is 8.72. The third-order valence-corrected chi connectivity index (χ3v) is 2.56. The molecule has 0 N–H and O–H groups in total. The van der Waals surface area contributed by atoms with Gasteiger partial charge in [-0.15, -0.1) is 0 Å². The predicted octanol–water partition coefficient (Wildman–Crippen LogP) is 2.43. The molecule has 0 bridgehead atoms. The summed E-state index contributed by atoms with van der Waals surface area (Å²) in [5, 5.41) is 0. The van der Waals surface area contributed by atoms with Crippen LogP contribution in [0.4, 0.5) is 11.6 Å². The van der Waals surface area contributed by atoms with Gasteiger partial charge in [0.25, 0.3) is 0 Å². The second-order valence-corrected chi connectivity index (χ2v) is 4.10. The average molecular weight is 244 g/mol. The molecule has 0 radical (unpaired) electrons. The molecule has 1 aromatic carbocycles. The highest BCUT2D eigenvalue weighted by atomic mass is 16.5. The molecule has 0 unspecified atom stereocenters. The fourth-order valence-corrected chi connectivity index (χ4v) is 1.74. The number of anilines is 2. The van der Waals surface area contributed by atoms with Gasteiger partial charge in [-0.05, 0) is 38.1 Å².